The number of anilines is 1. The first-order chi connectivity index (χ1) is 8.74. The summed E-state index contributed by atoms with van der Waals surface area (Å²) in [7, 11) is 1.42. The van der Waals surface area contributed by atoms with Crippen LogP contribution >= 0.6 is 15.9 Å². The third kappa shape index (κ3) is 4.62. The van der Waals surface area contributed by atoms with Gasteiger partial charge in [0.05, 0.1) is 7.11 Å². The highest BCUT2D eigenvalue weighted by Gasteiger charge is 2.44. The summed E-state index contributed by atoms with van der Waals surface area (Å²) < 4.78 is 42.9. The van der Waals surface area contributed by atoms with E-state index in [1.165, 1.54) is 19.2 Å². The summed E-state index contributed by atoms with van der Waals surface area (Å²) in [5, 5.41) is 11.0. The zero-order valence-electron chi connectivity index (χ0n) is 9.79. The Morgan fingerprint density at radius 1 is 1.47 bits per heavy atom. The molecule has 0 saturated carbocycles. The molecule has 1 aromatic carbocycles. The molecule has 0 spiro atoms. The summed E-state index contributed by atoms with van der Waals surface area (Å²) in [6, 6.07) is 4.63. The highest BCUT2D eigenvalue weighted by molar-refractivity contribution is 9.10. The zero-order chi connectivity index (χ0) is 14.6. The number of ether oxygens (including phenoxy) is 1. The lowest BCUT2D eigenvalue weighted by atomic mass is 10.1. The summed E-state index contributed by atoms with van der Waals surface area (Å²) in [5.74, 6) is -3.94. The van der Waals surface area contributed by atoms with Gasteiger partial charge >= 0.3 is 12.1 Å². The SMILES string of the molecule is COc1cc(Br)cc(NCC(C(=O)O)C(F)(F)F)c1. The molecule has 0 aliphatic carbocycles. The fourth-order valence-electron chi connectivity index (χ4n) is 1.35. The number of hydrogen-bond donors (Lipinski definition) is 2. The molecular formula is C11H11BrF3NO3. The minimum absolute atomic E-state index is 0.335. The fraction of sp³-hybridized carbons (Fsp3) is 0.364. The fourth-order valence-corrected chi connectivity index (χ4v) is 1.82. The highest BCUT2D eigenvalue weighted by Crippen LogP contribution is 2.28. The van der Waals surface area contributed by atoms with Crippen LogP contribution in [0.4, 0.5) is 18.9 Å². The molecule has 8 heteroatoms. The number of carboxylic acid groups (broad SMARTS) is 1. The summed E-state index contributed by atoms with van der Waals surface area (Å²) in [6.45, 7) is -0.752. The second kappa shape index (κ2) is 6.14. The Morgan fingerprint density at radius 2 is 2.11 bits per heavy atom. The maximum Gasteiger partial charge on any atom is 0.403 e. The average Bonchev–Trinajstić information content (AvgIpc) is 2.26. The average molecular weight is 342 g/mol. The van der Waals surface area contributed by atoms with Crippen molar-refractivity contribution in [2.24, 2.45) is 5.92 Å². The molecule has 1 unspecified atom stereocenters. The Balaban J connectivity index is 2.80. The van der Waals surface area contributed by atoms with Gasteiger partial charge in [0.1, 0.15) is 5.75 Å². The Bertz CT molecular complexity index is 465. The summed E-state index contributed by atoms with van der Waals surface area (Å²) >= 11 is 3.17. The molecule has 1 aromatic rings. The third-order valence-corrected chi connectivity index (χ3v) is 2.77. The van der Waals surface area contributed by atoms with Gasteiger partial charge in [0.2, 0.25) is 0 Å². The van der Waals surface area contributed by atoms with E-state index >= 15 is 0 Å². The predicted octanol–water partition coefficient (Wildman–Crippen LogP) is 3.13. The molecule has 2 N–H and O–H groups in total. The minimum Gasteiger partial charge on any atom is -0.497 e. The van der Waals surface area contributed by atoms with E-state index < -0.39 is 24.6 Å². The van der Waals surface area contributed by atoms with Gasteiger partial charge in [0.25, 0.3) is 0 Å². The molecular weight excluding hydrogens is 331 g/mol. The van der Waals surface area contributed by atoms with Gasteiger partial charge in [-0.3, -0.25) is 4.79 Å². The van der Waals surface area contributed by atoms with Gasteiger partial charge in [-0.1, -0.05) is 15.9 Å². The normalized spacial score (nSPS) is 12.9. The number of rotatable bonds is 5. The smallest absolute Gasteiger partial charge is 0.403 e. The first-order valence-electron chi connectivity index (χ1n) is 5.12. The Kier molecular flexibility index (Phi) is 5.04. The van der Waals surface area contributed by atoms with Crippen molar-refractivity contribution in [3.63, 3.8) is 0 Å². The monoisotopic (exact) mass is 341 g/mol. The van der Waals surface area contributed by atoms with E-state index in [9.17, 15) is 18.0 Å². The quantitative estimate of drug-likeness (QED) is 0.863. The van der Waals surface area contributed by atoms with Gasteiger partial charge in [-0.25, -0.2) is 0 Å². The second-order valence-electron chi connectivity index (χ2n) is 3.69. The van der Waals surface area contributed by atoms with Crippen molar-refractivity contribution < 1.29 is 27.8 Å². The predicted molar refractivity (Wildman–Crippen MR) is 66.4 cm³/mol. The van der Waals surface area contributed by atoms with Crippen molar-refractivity contribution >= 4 is 27.6 Å². The van der Waals surface area contributed by atoms with Crippen LogP contribution < -0.4 is 10.1 Å². The lowest BCUT2D eigenvalue weighted by molar-refractivity contribution is -0.190. The van der Waals surface area contributed by atoms with Crippen LogP contribution in [-0.4, -0.2) is 30.9 Å². The summed E-state index contributed by atoms with van der Waals surface area (Å²) in [5.41, 5.74) is 0.335. The Hall–Kier alpha value is -1.44. The number of carboxylic acids is 1. The first-order valence-corrected chi connectivity index (χ1v) is 5.91. The van der Waals surface area contributed by atoms with Crippen LogP contribution in [0.3, 0.4) is 0 Å². The van der Waals surface area contributed by atoms with Gasteiger partial charge in [-0.15, -0.1) is 0 Å². The van der Waals surface area contributed by atoms with Gasteiger partial charge in [0.15, 0.2) is 5.92 Å². The van der Waals surface area contributed by atoms with Crippen molar-refractivity contribution in [3.8, 4) is 5.75 Å². The first kappa shape index (κ1) is 15.6. The maximum absolute atomic E-state index is 12.4. The molecule has 1 atom stereocenters. The largest absolute Gasteiger partial charge is 0.497 e. The maximum atomic E-state index is 12.4. The van der Waals surface area contributed by atoms with Crippen molar-refractivity contribution in [2.45, 2.75) is 6.18 Å². The topological polar surface area (TPSA) is 58.6 Å². The summed E-state index contributed by atoms with van der Waals surface area (Å²) in [4.78, 5) is 10.6. The number of aliphatic carboxylic acids is 1. The standard InChI is InChI=1S/C11H11BrF3NO3/c1-19-8-3-6(12)2-7(4-8)16-5-9(10(17)18)11(13,14)15/h2-4,9,16H,5H2,1H3,(H,17,18). The van der Waals surface area contributed by atoms with Crippen molar-refractivity contribution in [1.29, 1.82) is 0 Å². The van der Waals surface area contributed by atoms with Crippen LogP contribution in [0.2, 0.25) is 0 Å². The molecule has 0 heterocycles. The molecule has 4 nitrogen and oxygen atoms in total. The van der Waals surface area contributed by atoms with Gasteiger partial charge in [-0.05, 0) is 12.1 Å². The number of hydrogen-bond acceptors (Lipinski definition) is 3. The van der Waals surface area contributed by atoms with Gasteiger partial charge in [0, 0.05) is 22.8 Å². The molecule has 19 heavy (non-hydrogen) atoms. The zero-order valence-corrected chi connectivity index (χ0v) is 11.4. The van der Waals surface area contributed by atoms with Gasteiger partial charge < -0.3 is 15.2 Å². The van der Waals surface area contributed by atoms with Crippen molar-refractivity contribution in [3.05, 3.63) is 22.7 Å². The number of halogens is 4. The van der Waals surface area contributed by atoms with Crippen LogP contribution in [0.25, 0.3) is 0 Å². The molecule has 0 aromatic heterocycles. The molecule has 0 aliphatic rings. The Morgan fingerprint density at radius 3 is 2.58 bits per heavy atom. The van der Waals surface area contributed by atoms with E-state index in [0.29, 0.717) is 15.9 Å². The summed E-state index contributed by atoms with van der Waals surface area (Å²) in [6.07, 6.45) is -4.80. The van der Waals surface area contributed by atoms with Crippen molar-refractivity contribution in [2.75, 3.05) is 19.0 Å². The van der Waals surface area contributed by atoms with E-state index in [0.717, 1.165) is 0 Å². The van der Waals surface area contributed by atoms with E-state index in [2.05, 4.69) is 21.2 Å². The number of carbonyl (C=O) groups is 1. The van der Waals surface area contributed by atoms with Crippen LogP contribution in [0, 0.1) is 5.92 Å². The lowest BCUT2D eigenvalue weighted by Gasteiger charge is -2.17. The molecule has 0 amide bonds. The van der Waals surface area contributed by atoms with Crippen LogP contribution in [0.15, 0.2) is 22.7 Å². The molecule has 0 saturated heterocycles. The molecule has 1 rings (SSSR count). The molecule has 0 aliphatic heterocycles. The van der Waals surface area contributed by atoms with Gasteiger partial charge in [-0.2, -0.15) is 13.2 Å². The number of benzene rings is 1. The van der Waals surface area contributed by atoms with E-state index in [-0.39, 0.29) is 0 Å². The highest BCUT2D eigenvalue weighted by atomic mass is 79.9. The molecule has 0 bridgehead atoms. The van der Waals surface area contributed by atoms with Crippen LogP contribution in [0.5, 0.6) is 5.75 Å². The lowest BCUT2D eigenvalue weighted by Crippen LogP contribution is -2.36. The van der Waals surface area contributed by atoms with Crippen LogP contribution in [-0.2, 0) is 4.79 Å². The van der Waals surface area contributed by atoms with Crippen LogP contribution in [0.1, 0.15) is 0 Å². The second-order valence-corrected chi connectivity index (χ2v) is 4.61. The van der Waals surface area contributed by atoms with E-state index in [1.807, 2.05) is 0 Å². The third-order valence-electron chi connectivity index (χ3n) is 2.31. The van der Waals surface area contributed by atoms with Crippen molar-refractivity contribution in [1.82, 2.24) is 0 Å². The number of methoxy groups -OCH3 is 1. The minimum atomic E-state index is -4.80. The number of nitrogens with one attached hydrogen (secondary N) is 1. The Labute approximate surface area is 115 Å². The number of alkyl halides is 3. The molecule has 0 radical (unpaired) electrons. The van der Waals surface area contributed by atoms with E-state index in [1.54, 1.807) is 6.07 Å². The molecule has 0 fully saturated rings. The van der Waals surface area contributed by atoms with E-state index in [4.69, 9.17) is 9.84 Å². The molecule has 106 valence electrons.